The van der Waals surface area contributed by atoms with Crippen LogP contribution in [0.5, 0.6) is 0 Å². The molecule has 2 aromatic heterocycles. The highest BCUT2D eigenvalue weighted by Crippen LogP contribution is 2.30. The van der Waals surface area contributed by atoms with Crippen LogP contribution < -0.4 is 10.6 Å². The highest BCUT2D eigenvalue weighted by molar-refractivity contribution is 5.81. The van der Waals surface area contributed by atoms with Gasteiger partial charge in [0.1, 0.15) is 5.82 Å². The fourth-order valence-corrected chi connectivity index (χ4v) is 4.02. The zero-order chi connectivity index (χ0) is 21.2. The fourth-order valence-electron chi connectivity index (χ4n) is 4.02. The lowest BCUT2D eigenvalue weighted by atomic mass is 9.88. The fraction of sp³-hybridized carbons (Fsp3) is 0.185. The van der Waals surface area contributed by atoms with Crippen molar-refractivity contribution in [3.8, 4) is 11.1 Å². The highest BCUT2D eigenvalue weighted by Gasteiger charge is 2.19. The molecule has 0 spiro atoms. The molecule has 0 bridgehead atoms. The van der Waals surface area contributed by atoms with Gasteiger partial charge in [-0.05, 0) is 84.9 Å². The van der Waals surface area contributed by atoms with E-state index in [9.17, 15) is 0 Å². The maximum atomic E-state index is 4.62. The van der Waals surface area contributed by atoms with Gasteiger partial charge in [0.2, 0.25) is 0 Å². The van der Waals surface area contributed by atoms with Gasteiger partial charge in [-0.3, -0.25) is 0 Å². The average Bonchev–Trinajstić information content (AvgIpc) is 2.77. The van der Waals surface area contributed by atoms with Crippen LogP contribution in [0.15, 0.2) is 79.5 Å². The Morgan fingerprint density at radius 3 is 2.68 bits per heavy atom. The minimum absolute atomic E-state index is 0.689. The average molecular weight is 407 g/mol. The summed E-state index contributed by atoms with van der Waals surface area (Å²) in [7, 11) is 0. The van der Waals surface area contributed by atoms with E-state index in [2.05, 4.69) is 76.6 Å². The molecule has 0 radical (unpaired) electrons. The summed E-state index contributed by atoms with van der Waals surface area (Å²) in [5.41, 5.74) is 7.86. The van der Waals surface area contributed by atoms with Crippen molar-refractivity contribution in [2.75, 3.05) is 18.4 Å². The first kappa shape index (κ1) is 19.5. The molecule has 31 heavy (non-hydrogen) atoms. The molecular formula is C27H26N4. The number of hydrogen-bond acceptors (Lipinski definition) is 4. The van der Waals surface area contributed by atoms with Crippen molar-refractivity contribution in [1.29, 1.82) is 0 Å². The summed E-state index contributed by atoms with van der Waals surface area (Å²) in [5, 5.41) is 7.78. The van der Waals surface area contributed by atoms with E-state index in [4.69, 9.17) is 0 Å². The minimum Gasteiger partial charge on any atom is -0.340 e. The molecule has 1 saturated heterocycles. The van der Waals surface area contributed by atoms with E-state index >= 15 is 0 Å². The van der Waals surface area contributed by atoms with Crippen LogP contribution in [0.1, 0.15) is 16.7 Å². The lowest BCUT2D eigenvalue weighted by Gasteiger charge is -2.28. The van der Waals surface area contributed by atoms with Crippen molar-refractivity contribution >= 4 is 22.5 Å². The molecule has 154 valence electrons. The molecule has 0 saturated carbocycles. The third-order valence-corrected chi connectivity index (χ3v) is 5.93. The van der Waals surface area contributed by atoms with Gasteiger partial charge in [0, 0.05) is 17.3 Å². The molecule has 4 heteroatoms. The topological polar surface area (TPSA) is 49.8 Å². The predicted molar refractivity (Wildman–Crippen MR) is 129 cm³/mol. The number of hydrogen-bond donors (Lipinski definition) is 2. The molecule has 2 aromatic carbocycles. The second-order valence-corrected chi connectivity index (χ2v) is 8.32. The maximum absolute atomic E-state index is 4.62. The molecule has 0 aliphatic carbocycles. The molecule has 1 aliphatic heterocycles. The summed E-state index contributed by atoms with van der Waals surface area (Å²) in [5.74, 6) is 1.44. The van der Waals surface area contributed by atoms with E-state index in [0.717, 1.165) is 47.6 Å². The van der Waals surface area contributed by atoms with Gasteiger partial charge in [-0.1, -0.05) is 48.5 Å². The third kappa shape index (κ3) is 4.21. The van der Waals surface area contributed by atoms with E-state index in [-0.39, 0.29) is 0 Å². The van der Waals surface area contributed by atoms with Gasteiger partial charge in [0.25, 0.3) is 0 Å². The number of benzene rings is 2. The zero-order valence-corrected chi connectivity index (χ0v) is 17.7. The van der Waals surface area contributed by atoms with Crippen LogP contribution in [0.2, 0.25) is 0 Å². The molecule has 1 fully saturated rings. The number of aromatic nitrogens is 2. The van der Waals surface area contributed by atoms with E-state index in [1.54, 1.807) is 6.20 Å². The molecule has 1 aliphatic rings. The Bertz CT molecular complexity index is 1240. The normalized spacial score (nSPS) is 13.7. The van der Waals surface area contributed by atoms with E-state index in [1.807, 2.05) is 24.3 Å². The second kappa shape index (κ2) is 8.32. The Kier molecular flexibility index (Phi) is 5.23. The number of rotatable bonds is 6. The van der Waals surface area contributed by atoms with Crippen LogP contribution >= 0.6 is 0 Å². The monoisotopic (exact) mass is 406 g/mol. The number of fused-ring (bicyclic) bond motifs is 1. The van der Waals surface area contributed by atoms with Crippen molar-refractivity contribution in [2.24, 2.45) is 5.92 Å². The van der Waals surface area contributed by atoms with Crippen molar-refractivity contribution in [3.63, 3.8) is 0 Å². The zero-order valence-electron chi connectivity index (χ0n) is 17.7. The molecule has 3 heterocycles. The van der Waals surface area contributed by atoms with E-state index < -0.39 is 0 Å². The third-order valence-electron chi connectivity index (χ3n) is 5.93. The second-order valence-electron chi connectivity index (χ2n) is 8.32. The summed E-state index contributed by atoms with van der Waals surface area (Å²) in [4.78, 5) is 8.97. The first-order valence-electron chi connectivity index (χ1n) is 10.7. The number of aryl methyl sites for hydroxylation is 1. The Morgan fingerprint density at radius 1 is 1.06 bits per heavy atom. The lowest BCUT2D eigenvalue weighted by Crippen LogP contribution is -2.43. The van der Waals surface area contributed by atoms with Crippen LogP contribution in [0.4, 0.5) is 5.82 Å². The highest BCUT2D eigenvalue weighted by atomic mass is 15.0. The smallest absolute Gasteiger partial charge is 0.161 e. The summed E-state index contributed by atoms with van der Waals surface area (Å²) < 4.78 is 0. The van der Waals surface area contributed by atoms with Gasteiger partial charge < -0.3 is 10.6 Å². The van der Waals surface area contributed by atoms with Gasteiger partial charge in [0.15, 0.2) is 5.65 Å². The van der Waals surface area contributed by atoms with Crippen LogP contribution in [0.3, 0.4) is 0 Å². The Labute approximate surface area is 183 Å². The molecule has 0 atom stereocenters. The summed E-state index contributed by atoms with van der Waals surface area (Å²) in [6.07, 6.45) is 2.83. The van der Waals surface area contributed by atoms with E-state index in [1.165, 1.54) is 22.3 Å². The number of anilines is 1. The van der Waals surface area contributed by atoms with Gasteiger partial charge in [0.05, 0.1) is 0 Å². The van der Waals surface area contributed by atoms with E-state index in [0.29, 0.717) is 5.92 Å². The summed E-state index contributed by atoms with van der Waals surface area (Å²) in [6, 6.07) is 23.4. The number of nitrogens with zero attached hydrogens (tertiary/aromatic N) is 2. The van der Waals surface area contributed by atoms with Gasteiger partial charge >= 0.3 is 0 Å². The van der Waals surface area contributed by atoms with Crippen molar-refractivity contribution in [1.82, 2.24) is 15.3 Å². The van der Waals surface area contributed by atoms with Gasteiger partial charge in [-0.25, -0.2) is 9.97 Å². The number of nitrogens with one attached hydrogen (secondary N) is 2. The Balaban J connectivity index is 1.44. The van der Waals surface area contributed by atoms with Crippen molar-refractivity contribution in [3.05, 3.63) is 96.2 Å². The first-order chi connectivity index (χ1) is 15.2. The molecule has 0 unspecified atom stereocenters. The molecule has 2 N–H and O–H groups in total. The molecule has 4 aromatic rings. The lowest BCUT2D eigenvalue weighted by molar-refractivity contribution is 0.347. The standard InChI is InChI=1S/C27H26N4/c1-18-5-7-21(8-6-18)25-11-9-23(15-24(25)14-20-16-28-17-20)19(2)30-26-12-10-22-4-3-13-29-27(22)31-26/h3-13,15,20,28H,2,14,16-17H2,1H3,(H,29,30,31). The van der Waals surface area contributed by atoms with Crippen molar-refractivity contribution < 1.29 is 0 Å². The van der Waals surface area contributed by atoms with Crippen LogP contribution in [0.25, 0.3) is 27.9 Å². The Hall–Kier alpha value is -3.50. The minimum atomic E-state index is 0.689. The maximum Gasteiger partial charge on any atom is 0.161 e. The van der Waals surface area contributed by atoms with Crippen LogP contribution in [0, 0.1) is 12.8 Å². The Morgan fingerprint density at radius 2 is 1.90 bits per heavy atom. The van der Waals surface area contributed by atoms with Gasteiger partial charge in [-0.2, -0.15) is 0 Å². The van der Waals surface area contributed by atoms with Crippen LogP contribution in [-0.2, 0) is 6.42 Å². The summed E-state index contributed by atoms with van der Waals surface area (Å²) in [6.45, 7) is 8.59. The van der Waals surface area contributed by atoms with Crippen LogP contribution in [-0.4, -0.2) is 23.1 Å². The first-order valence-corrected chi connectivity index (χ1v) is 10.7. The molecule has 5 rings (SSSR count). The quantitative estimate of drug-likeness (QED) is 0.447. The molecule has 0 amide bonds. The molecular weight excluding hydrogens is 380 g/mol. The summed E-state index contributed by atoms with van der Waals surface area (Å²) >= 11 is 0. The van der Waals surface area contributed by atoms with Crippen molar-refractivity contribution in [2.45, 2.75) is 13.3 Å². The largest absolute Gasteiger partial charge is 0.340 e. The number of pyridine rings is 2. The SMILES string of the molecule is C=C(Nc1ccc2cccnc2n1)c1ccc(-c2ccc(C)cc2)c(CC2CNC2)c1. The van der Waals surface area contributed by atoms with Gasteiger partial charge in [-0.15, -0.1) is 0 Å². The molecule has 4 nitrogen and oxygen atoms in total. The predicted octanol–water partition coefficient (Wildman–Crippen LogP) is 5.45.